The minimum absolute atomic E-state index is 0.212. The van der Waals surface area contributed by atoms with E-state index in [0.717, 1.165) is 24.2 Å². The summed E-state index contributed by atoms with van der Waals surface area (Å²) in [5.74, 6) is 0.848. The molecule has 1 unspecified atom stereocenters. The van der Waals surface area contributed by atoms with Gasteiger partial charge in [0.15, 0.2) is 0 Å². The monoisotopic (exact) mass is 220 g/mol. The topological polar surface area (TPSA) is 29.5 Å². The number of fused-ring (bicyclic) bond motifs is 1. The number of aryl methyl sites for hydroxylation is 1. The summed E-state index contributed by atoms with van der Waals surface area (Å²) >= 11 is 0. The van der Waals surface area contributed by atoms with Gasteiger partial charge in [0, 0.05) is 12.0 Å². The van der Waals surface area contributed by atoms with Gasteiger partial charge < -0.3 is 9.84 Å². The zero-order valence-electron chi connectivity index (χ0n) is 10.3. The summed E-state index contributed by atoms with van der Waals surface area (Å²) in [4.78, 5) is 0. The van der Waals surface area contributed by atoms with E-state index in [-0.39, 0.29) is 11.7 Å². The molecule has 0 radical (unpaired) electrons. The molecule has 0 bridgehead atoms. The molecule has 2 heteroatoms. The van der Waals surface area contributed by atoms with Gasteiger partial charge in [0.2, 0.25) is 0 Å². The highest BCUT2D eigenvalue weighted by Crippen LogP contribution is 2.41. The summed E-state index contributed by atoms with van der Waals surface area (Å²) in [7, 11) is 0. The van der Waals surface area contributed by atoms with Crippen molar-refractivity contribution in [3.8, 4) is 5.75 Å². The number of aliphatic hydroxyl groups excluding tert-OH is 1. The molecule has 0 aliphatic carbocycles. The molecule has 1 N–H and O–H groups in total. The van der Waals surface area contributed by atoms with Gasteiger partial charge in [-0.25, -0.2) is 0 Å². The van der Waals surface area contributed by atoms with Crippen molar-refractivity contribution in [1.82, 2.24) is 0 Å². The van der Waals surface area contributed by atoms with E-state index in [1.807, 2.05) is 25.1 Å². The van der Waals surface area contributed by atoms with Gasteiger partial charge in [-0.3, -0.25) is 0 Å². The molecule has 0 saturated carbocycles. The molecular weight excluding hydrogens is 200 g/mol. The molecule has 1 aromatic rings. The van der Waals surface area contributed by atoms with Crippen LogP contribution in [0.3, 0.4) is 0 Å². The standard InChI is InChI=1S/C14H20O2/c1-4-7-14(3)9-12(15)11-8-10(2)5-6-13(11)16-14/h5-6,8,12,15H,4,7,9H2,1-3H3/t12-,14?/m1/s1. The number of hydrogen-bond acceptors (Lipinski definition) is 2. The largest absolute Gasteiger partial charge is 0.487 e. The molecule has 2 rings (SSSR count). The van der Waals surface area contributed by atoms with Crippen LogP contribution in [0.1, 0.15) is 50.3 Å². The second-order valence-electron chi connectivity index (χ2n) is 5.06. The highest BCUT2D eigenvalue weighted by atomic mass is 16.5. The number of aliphatic hydroxyl groups is 1. The Morgan fingerprint density at radius 2 is 2.25 bits per heavy atom. The average molecular weight is 220 g/mol. The number of hydrogen-bond donors (Lipinski definition) is 1. The molecule has 16 heavy (non-hydrogen) atoms. The molecule has 0 spiro atoms. The Balaban J connectivity index is 2.33. The van der Waals surface area contributed by atoms with Gasteiger partial charge in [-0.15, -0.1) is 0 Å². The third-order valence-electron chi connectivity index (χ3n) is 3.28. The molecule has 0 saturated heterocycles. The maximum atomic E-state index is 10.2. The molecule has 2 nitrogen and oxygen atoms in total. The molecular formula is C14H20O2. The Morgan fingerprint density at radius 1 is 1.50 bits per heavy atom. The Labute approximate surface area is 97.3 Å². The molecule has 88 valence electrons. The van der Waals surface area contributed by atoms with Gasteiger partial charge in [-0.2, -0.15) is 0 Å². The van der Waals surface area contributed by atoms with Crippen molar-refractivity contribution in [3.63, 3.8) is 0 Å². The maximum Gasteiger partial charge on any atom is 0.125 e. The third kappa shape index (κ3) is 2.07. The van der Waals surface area contributed by atoms with E-state index >= 15 is 0 Å². The van der Waals surface area contributed by atoms with Crippen LogP contribution in [-0.4, -0.2) is 10.7 Å². The van der Waals surface area contributed by atoms with Gasteiger partial charge in [0.25, 0.3) is 0 Å². The zero-order chi connectivity index (χ0) is 11.8. The van der Waals surface area contributed by atoms with Crippen molar-refractivity contribution >= 4 is 0 Å². The number of benzene rings is 1. The van der Waals surface area contributed by atoms with E-state index in [2.05, 4.69) is 13.8 Å². The van der Waals surface area contributed by atoms with Gasteiger partial charge in [0.05, 0.1) is 6.10 Å². The molecule has 1 aliphatic heterocycles. The van der Waals surface area contributed by atoms with Crippen molar-refractivity contribution in [1.29, 1.82) is 0 Å². The lowest BCUT2D eigenvalue weighted by atomic mass is 9.87. The van der Waals surface area contributed by atoms with E-state index in [1.165, 1.54) is 5.56 Å². The van der Waals surface area contributed by atoms with Crippen LogP contribution >= 0.6 is 0 Å². The molecule has 1 aromatic carbocycles. The summed E-state index contributed by atoms with van der Waals surface area (Å²) in [6.07, 6.45) is 2.36. The molecule has 1 heterocycles. The van der Waals surface area contributed by atoms with Crippen molar-refractivity contribution in [2.24, 2.45) is 0 Å². The van der Waals surface area contributed by atoms with Gasteiger partial charge in [0.1, 0.15) is 11.4 Å². The van der Waals surface area contributed by atoms with Gasteiger partial charge in [-0.05, 0) is 32.4 Å². The quantitative estimate of drug-likeness (QED) is 0.828. The van der Waals surface area contributed by atoms with Crippen molar-refractivity contribution in [2.75, 3.05) is 0 Å². The number of rotatable bonds is 2. The Morgan fingerprint density at radius 3 is 2.94 bits per heavy atom. The summed E-state index contributed by atoms with van der Waals surface area (Å²) < 4.78 is 6.03. The first-order chi connectivity index (χ1) is 7.54. The second-order valence-corrected chi connectivity index (χ2v) is 5.06. The Bertz CT molecular complexity index is 386. The predicted octanol–water partition coefficient (Wildman–Crippen LogP) is 3.37. The van der Waals surface area contributed by atoms with Crippen molar-refractivity contribution in [2.45, 2.75) is 51.7 Å². The Hall–Kier alpha value is -1.02. The average Bonchev–Trinajstić information content (AvgIpc) is 2.19. The lowest BCUT2D eigenvalue weighted by Gasteiger charge is -2.38. The minimum Gasteiger partial charge on any atom is -0.487 e. The normalized spacial score (nSPS) is 28.4. The summed E-state index contributed by atoms with van der Waals surface area (Å²) in [6.45, 7) is 6.26. The number of ether oxygens (including phenoxy) is 1. The third-order valence-corrected chi connectivity index (χ3v) is 3.28. The Kier molecular flexibility index (Phi) is 2.94. The van der Waals surface area contributed by atoms with Crippen LogP contribution in [0, 0.1) is 6.92 Å². The van der Waals surface area contributed by atoms with Crippen LogP contribution in [-0.2, 0) is 0 Å². The first-order valence-corrected chi connectivity index (χ1v) is 6.02. The minimum atomic E-state index is -0.389. The van der Waals surface area contributed by atoms with Crippen LogP contribution in [0.4, 0.5) is 0 Å². The van der Waals surface area contributed by atoms with Crippen molar-refractivity contribution < 1.29 is 9.84 Å². The van der Waals surface area contributed by atoms with Gasteiger partial charge in [-0.1, -0.05) is 25.0 Å². The summed E-state index contributed by atoms with van der Waals surface area (Å²) in [5.41, 5.74) is 1.89. The molecule has 0 fully saturated rings. The fourth-order valence-corrected chi connectivity index (χ4v) is 2.53. The van der Waals surface area contributed by atoms with E-state index in [0.29, 0.717) is 6.42 Å². The van der Waals surface area contributed by atoms with E-state index in [9.17, 15) is 5.11 Å². The predicted molar refractivity (Wildman–Crippen MR) is 64.7 cm³/mol. The highest BCUT2D eigenvalue weighted by Gasteiger charge is 2.35. The van der Waals surface area contributed by atoms with E-state index in [1.54, 1.807) is 0 Å². The fraction of sp³-hybridized carbons (Fsp3) is 0.571. The first kappa shape index (κ1) is 11.5. The first-order valence-electron chi connectivity index (χ1n) is 6.02. The SMILES string of the molecule is CCCC1(C)C[C@@H](O)c2cc(C)ccc2O1. The lowest BCUT2D eigenvalue weighted by molar-refractivity contribution is -0.00737. The van der Waals surface area contributed by atoms with Crippen LogP contribution in [0.5, 0.6) is 5.75 Å². The molecule has 1 aliphatic rings. The van der Waals surface area contributed by atoms with Crippen LogP contribution < -0.4 is 4.74 Å². The smallest absolute Gasteiger partial charge is 0.125 e. The lowest BCUT2D eigenvalue weighted by Crippen LogP contribution is -2.38. The van der Waals surface area contributed by atoms with Crippen LogP contribution in [0.2, 0.25) is 0 Å². The molecule has 2 atom stereocenters. The van der Waals surface area contributed by atoms with E-state index in [4.69, 9.17) is 4.74 Å². The van der Waals surface area contributed by atoms with Crippen molar-refractivity contribution in [3.05, 3.63) is 29.3 Å². The molecule has 0 amide bonds. The van der Waals surface area contributed by atoms with Crippen LogP contribution in [0.25, 0.3) is 0 Å². The fourth-order valence-electron chi connectivity index (χ4n) is 2.53. The van der Waals surface area contributed by atoms with Gasteiger partial charge >= 0.3 is 0 Å². The van der Waals surface area contributed by atoms with Crippen LogP contribution in [0.15, 0.2) is 18.2 Å². The second kappa shape index (κ2) is 4.10. The molecule has 0 aromatic heterocycles. The maximum absolute atomic E-state index is 10.2. The summed E-state index contributed by atoms with van der Waals surface area (Å²) in [6, 6.07) is 6.02. The zero-order valence-corrected chi connectivity index (χ0v) is 10.3. The van der Waals surface area contributed by atoms with E-state index < -0.39 is 0 Å². The highest BCUT2D eigenvalue weighted by molar-refractivity contribution is 5.40. The summed E-state index contributed by atoms with van der Waals surface area (Å²) in [5, 5.41) is 10.2.